The van der Waals surface area contributed by atoms with E-state index in [0.29, 0.717) is 35.5 Å². The van der Waals surface area contributed by atoms with Crippen LogP contribution in [-0.2, 0) is 32.0 Å². The highest BCUT2D eigenvalue weighted by Crippen LogP contribution is 2.38. The Morgan fingerprint density at radius 1 is 1.02 bits per heavy atom. The van der Waals surface area contributed by atoms with Crippen LogP contribution in [0, 0.1) is 11.8 Å². The van der Waals surface area contributed by atoms with Crippen LogP contribution < -0.4 is 20.7 Å². The second kappa shape index (κ2) is 19.3. The van der Waals surface area contributed by atoms with Crippen LogP contribution in [0.2, 0.25) is 0 Å². The monoisotopic (exact) mass is 742 g/mol. The van der Waals surface area contributed by atoms with Crippen LogP contribution in [0.4, 0.5) is 0 Å². The predicted octanol–water partition coefficient (Wildman–Crippen LogP) is 3.82. The summed E-state index contributed by atoms with van der Waals surface area (Å²) in [5, 5.41) is 20.2. The summed E-state index contributed by atoms with van der Waals surface area (Å²) in [4.78, 5) is 75.7. The third-order valence-corrected chi connectivity index (χ3v) is 10.3. The highest BCUT2D eigenvalue weighted by molar-refractivity contribution is 5.92. The van der Waals surface area contributed by atoms with E-state index in [4.69, 9.17) is 4.74 Å². The Balaban J connectivity index is 1.43. The fourth-order valence-corrected chi connectivity index (χ4v) is 7.52. The Bertz CT molecular complexity index is 1710. The highest BCUT2D eigenvalue weighted by Gasteiger charge is 2.40. The molecule has 5 atom stereocenters. The van der Waals surface area contributed by atoms with Gasteiger partial charge in [-0.3, -0.25) is 24.0 Å². The number of H-pyrrole nitrogens is 1. The lowest BCUT2D eigenvalue weighted by atomic mass is 9.83. The Morgan fingerprint density at radius 3 is 2.44 bits per heavy atom. The van der Waals surface area contributed by atoms with Crippen molar-refractivity contribution >= 4 is 29.9 Å². The van der Waals surface area contributed by atoms with Crippen molar-refractivity contribution in [1.29, 1.82) is 0 Å². The fourth-order valence-electron chi connectivity index (χ4n) is 7.52. The molecular formula is C41H54N6O7. The molecule has 1 aliphatic heterocycles. The lowest BCUT2D eigenvalue weighted by molar-refractivity contribution is -0.143. The zero-order valence-electron chi connectivity index (χ0n) is 31.5. The first kappa shape index (κ1) is 40.2. The molecule has 0 saturated heterocycles. The minimum Gasteiger partial charge on any atom is -0.491 e. The van der Waals surface area contributed by atoms with Crippen molar-refractivity contribution in [3.8, 4) is 5.75 Å². The molecule has 54 heavy (non-hydrogen) atoms. The van der Waals surface area contributed by atoms with E-state index in [9.17, 15) is 29.1 Å². The van der Waals surface area contributed by atoms with Gasteiger partial charge in [0.1, 0.15) is 30.7 Å². The number of rotatable bonds is 18. The van der Waals surface area contributed by atoms with Gasteiger partial charge >= 0.3 is 0 Å². The molecular weight excluding hydrogens is 688 g/mol. The van der Waals surface area contributed by atoms with Gasteiger partial charge < -0.3 is 35.7 Å². The van der Waals surface area contributed by atoms with E-state index in [1.165, 1.54) is 18.2 Å². The molecule has 5 N–H and O–H groups in total. The topological polar surface area (TPSA) is 183 Å². The minimum atomic E-state index is -1.15. The van der Waals surface area contributed by atoms with Crippen molar-refractivity contribution in [2.24, 2.45) is 11.8 Å². The van der Waals surface area contributed by atoms with Gasteiger partial charge in [0.2, 0.25) is 23.6 Å². The number of aldehydes is 1. The summed E-state index contributed by atoms with van der Waals surface area (Å²) >= 11 is 0. The summed E-state index contributed by atoms with van der Waals surface area (Å²) in [6.45, 7) is 5.91. The zero-order chi connectivity index (χ0) is 38.6. The number of hydrogen-bond donors (Lipinski definition) is 5. The molecule has 3 unspecified atom stereocenters. The number of nitrogens with zero attached hydrogens (tertiary/aromatic N) is 2. The Labute approximate surface area is 317 Å². The van der Waals surface area contributed by atoms with Gasteiger partial charge in [0.05, 0.1) is 36.6 Å². The number of carbonyl (C=O) groups excluding carboxylic acids is 5. The van der Waals surface area contributed by atoms with Gasteiger partial charge in [-0.2, -0.15) is 0 Å². The first-order valence-electron chi connectivity index (χ1n) is 19.1. The number of aromatic nitrogens is 2. The fraction of sp³-hybridized carbons (Fsp3) is 0.512. The molecule has 4 amide bonds. The number of aliphatic hydroxyl groups excluding tert-OH is 1. The largest absolute Gasteiger partial charge is 0.491 e. The van der Waals surface area contributed by atoms with E-state index in [2.05, 4.69) is 25.9 Å². The number of nitrogens with one attached hydrogen (secondary N) is 4. The van der Waals surface area contributed by atoms with Crippen LogP contribution in [0.15, 0.2) is 61.1 Å². The average molecular weight is 743 g/mol. The second-order valence-electron chi connectivity index (χ2n) is 15.0. The van der Waals surface area contributed by atoms with Crippen molar-refractivity contribution in [2.75, 3.05) is 13.2 Å². The molecule has 1 aromatic heterocycles. The Morgan fingerprint density at radius 2 is 1.78 bits per heavy atom. The molecule has 1 fully saturated rings. The number of amides is 4. The first-order chi connectivity index (χ1) is 26.0. The number of imidazole rings is 1. The number of aromatic amines is 1. The maximum Gasteiger partial charge on any atom is 0.243 e. The summed E-state index contributed by atoms with van der Waals surface area (Å²) < 4.78 is 5.92. The van der Waals surface area contributed by atoms with Gasteiger partial charge in [-0.05, 0) is 42.0 Å². The number of carbonyl (C=O) groups is 5. The van der Waals surface area contributed by atoms with Gasteiger partial charge in [0, 0.05) is 43.6 Å². The van der Waals surface area contributed by atoms with Gasteiger partial charge in [-0.25, -0.2) is 4.98 Å². The van der Waals surface area contributed by atoms with Crippen LogP contribution in [-0.4, -0.2) is 87.3 Å². The van der Waals surface area contributed by atoms with Crippen molar-refractivity contribution in [2.45, 2.75) is 109 Å². The normalized spacial score (nSPS) is 17.7. The molecule has 1 saturated carbocycles. The molecule has 3 aromatic rings. The van der Waals surface area contributed by atoms with E-state index in [-0.39, 0.29) is 49.5 Å². The van der Waals surface area contributed by atoms with Crippen molar-refractivity contribution in [3.63, 3.8) is 0 Å². The maximum absolute atomic E-state index is 14.6. The van der Waals surface area contributed by atoms with Crippen molar-refractivity contribution < 1.29 is 33.8 Å². The predicted molar refractivity (Wildman–Crippen MR) is 202 cm³/mol. The van der Waals surface area contributed by atoms with E-state index in [1.807, 2.05) is 44.2 Å². The third-order valence-electron chi connectivity index (χ3n) is 10.3. The van der Waals surface area contributed by atoms with Gasteiger partial charge in [0.15, 0.2) is 0 Å². The summed E-state index contributed by atoms with van der Waals surface area (Å²) in [7, 11) is 0. The van der Waals surface area contributed by atoms with Crippen LogP contribution in [0.25, 0.3) is 0 Å². The first-order valence-corrected chi connectivity index (χ1v) is 19.1. The molecule has 0 bridgehead atoms. The zero-order valence-corrected chi connectivity index (χ0v) is 31.5. The minimum absolute atomic E-state index is 0.0262. The number of benzene rings is 2. The van der Waals surface area contributed by atoms with Crippen LogP contribution in [0.3, 0.4) is 0 Å². The van der Waals surface area contributed by atoms with Crippen molar-refractivity contribution in [3.05, 3.63) is 83.4 Å². The molecule has 2 heterocycles. The van der Waals surface area contributed by atoms with Crippen LogP contribution >= 0.6 is 0 Å². The molecule has 5 rings (SSSR count). The molecule has 1 aliphatic carbocycles. The molecule has 0 radical (unpaired) electrons. The third kappa shape index (κ3) is 11.0. The van der Waals surface area contributed by atoms with E-state index in [1.54, 1.807) is 24.4 Å². The van der Waals surface area contributed by atoms with E-state index < -0.39 is 42.1 Å². The summed E-state index contributed by atoms with van der Waals surface area (Å²) in [6, 6.07) is 10.6. The number of hydrogen-bond acceptors (Lipinski definition) is 8. The molecule has 13 heteroatoms. The Kier molecular flexibility index (Phi) is 14.4. The quantitative estimate of drug-likeness (QED) is 0.122. The SMILES string of the molecule is CC(=O)N(C1COc2ccc(C=O)cc21)[C@@H](Cc1ccccc1)C(=O)N[C@@H](Cc1c[nH]cn1)C(=O)NC(CC1CCCCC1)C(O)CC(=O)NCC(C)C. The molecule has 2 aromatic carbocycles. The lowest BCUT2D eigenvalue weighted by Crippen LogP contribution is -2.58. The average Bonchev–Trinajstić information content (AvgIpc) is 3.83. The molecule has 13 nitrogen and oxygen atoms in total. The number of aliphatic hydroxyl groups is 1. The van der Waals surface area contributed by atoms with Crippen LogP contribution in [0.1, 0.15) is 98.9 Å². The van der Waals surface area contributed by atoms with Crippen molar-refractivity contribution in [1.82, 2.24) is 30.8 Å². The molecule has 0 spiro atoms. The highest BCUT2D eigenvalue weighted by atomic mass is 16.5. The smallest absolute Gasteiger partial charge is 0.243 e. The van der Waals surface area contributed by atoms with Gasteiger partial charge in [-0.1, -0.05) is 76.3 Å². The molecule has 290 valence electrons. The van der Waals surface area contributed by atoms with Crippen LogP contribution in [0.5, 0.6) is 5.75 Å². The lowest BCUT2D eigenvalue weighted by Gasteiger charge is -2.36. The number of fused-ring (bicyclic) bond motifs is 1. The number of ether oxygens (including phenoxy) is 1. The molecule has 2 aliphatic rings. The summed E-state index contributed by atoms with van der Waals surface area (Å²) in [5.41, 5.74) is 2.35. The van der Waals surface area contributed by atoms with Gasteiger partial charge in [0.25, 0.3) is 0 Å². The van der Waals surface area contributed by atoms with E-state index >= 15 is 0 Å². The summed E-state index contributed by atoms with van der Waals surface area (Å²) in [6.07, 6.45) is 8.38. The second-order valence-corrected chi connectivity index (χ2v) is 15.0. The standard InChI is InChI=1S/C41H54N6O7/c1-26(2)21-43-39(51)20-37(50)33(17-28-10-6-4-7-11-28)45-40(52)34(19-31-22-42-25-44-31)46-41(53)35(18-29-12-8-5-9-13-29)47(27(3)49)36-24-54-38-15-14-30(23-48)16-32(36)38/h5,8-9,12-16,22-23,25-26,28,33-37,50H,4,6-7,10-11,17-21,24H2,1-3H3,(H,42,44)(H,43,51)(H,45,52)(H,46,53)/t33?,34-,35-,36?,37?/m0/s1. The van der Waals surface area contributed by atoms with E-state index in [0.717, 1.165) is 44.0 Å². The Hall–Kier alpha value is -5.04. The maximum atomic E-state index is 14.6. The summed E-state index contributed by atoms with van der Waals surface area (Å²) in [5.74, 6) is -0.756. The van der Waals surface area contributed by atoms with Gasteiger partial charge in [-0.15, -0.1) is 0 Å².